The van der Waals surface area contributed by atoms with Crippen LogP contribution < -0.4 is 5.14 Å². The van der Waals surface area contributed by atoms with Crippen molar-refractivity contribution < 1.29 is 13.2 Å². The molecule has 0 radical (unpaired) electrons. The highest BCUT2D eigenvalue weighted by Gasteiger charge is 2.20. The fourth-order valence-electron chi connectivity index (χ4n) is 1.49. The summed E-state index contributed by atoms with van der Waals surface area (Å²) in [4.78, 5) is 4.10. The number of primary sulfonamides is 1. The van der Waals surface area contributed by atoms with Gasteiger partial charge < -0.3 is 4.74 Å². The average molecular weight is 275 g/mol. The Kier molecular flexibility index (Phi) is 3.11. The van der Waals surface area contributed by atoms with Crippen molar-refractivity contribution in [2.75, 3.05) is 6.61 Å². The standard InChI is InChI=1S/C10H11ClN2O3S/c1-6-5-16-10(13-6)7-2-3-8(11)9(4-7)17(12,14)15/h2-4,6H,5H2,1H3,(H2,12,14,15). The molecule has 0 saturated carbocycles. The molecule has 2 N–H and O–H groups in total. The van der Waals surface area contributed by atoms with E-state index in [1.54, 1.807) is 6.07 Å². The number of hydrogen-bond acceptors (Lipinski definition) is 4. The molecule has 7 heteroatoms. The van der Waals surface area contributed by atoms with Gasteiger partial charge >= 0.3 is 0 Å². The molecule has 92 valence electrons. The molecule has 1 aliphatic rings. The lowest BCUT2D eigenvalue weighted by atomic mass is 10.2. The second kappa shape index (κ2) is 4.29. The zero-order valence-electron chi connectivity index (χ0n) is 9.05. The van der Waals surface area contributed by atoms with E-state index >= 15 is 0 Å². The van der Waals surface area contributed by atoms with E-state index in [1.807, 2.05) is 6.92 Å². The van der Waals surface area contributed by atoms with Crippen LogP contribution in [-0.2, 0) is 14.8 Å². The minimum atomic E-state index is -3.84. The summed E-state index contributed by atoms with van der Waals surface area (Å²) in [5, 5.41) is 5.15. The molecule has 0 aromatic heterocycles. The van der Waals surface area contributed by atoms with Gasteiger partial charge in [-0.15, -0.1) is 0 Å². The minimum Gasteiger partial charge on any atom is -0.475 e. The number of aliphatic imine (C=N–C) groups is 1. The number of sulfonamides is 1. The Labute approximate surface area is 104 Å². The van der Waals surface area contributed by atoms with Crippen molar-refractivity contribution in [2.45, 2.75) is 17.9 Å². The first-order valence-electron chi connectivity index (χ1n) is 4.91. The molecule has 1 aromatic carbocycles. The molecule has 1 unspecified atom stereocenters. The molecule has 0 bridgehead atoms. The summed E-state index contributed by atoms with van der Waals surface area (Å²) in [7, 11) is -3.84. The van der Waals surface area contributed by atoms with E-state index in [4.69, 9.17) is 21.5 Å². The maximum atomic E-state index is 11.3. The van der Waals surface area contributed by atoms with Crippen molar-refractivity contribution in [3.63, 3.8) is 0 Å². The molecule has 2 rings (SSSR count). The van der Waals surface area contributed by atoms with Gasteiger partial charge in [-0.25, -0.2) is 18.5 Å². The van der Waals surface area contributed by atoms with Gasteiger partial charge in [0.15, 0.2) is 0 Å². The topological polar surface area (TPSA) is 81.8 Å². The summed E-state index contributed by atoms with van der Waals surface area (Å²) in [6.07, 6.45) is 0. The van der Waals surface area contributed by atoms with Gasteiger partial charge in [-0.3, -0.25) is 0 Å². The second-order valence-corrected chi connectivity index (χ2v) is 5.72. The van der Waals surface area contributed by atoms with Crippen molar-refractivity contribution in [2.24, 2.45) is 10.1 Å². The zero-order valence-corrected chi connectivity index (χ0v) is 10.6. The third-order valence-corrected chi connectivity index (χ3v) is 3.68. The Bertz CT molecular complexity index is 583. The van der Waals surface area contributed by atoms with E-state index in [9.17, 15) is 8.42 Å². The number of rotatable bonds is 2. The molecular weight excluding hydrogens is 264 g/mol. The van der Waals surface area contributed by atoms with Crippen LogP contribution in [-0.4, -0.2) is 27.0 Å². The van der Waals surface area contributed by atoms with Gasteiger partial charge in [0.25, 0.3) is 0 Å². The molecular formula is C10H11ClN2O3S. The molecule has 0 saturated heterocycles. The van der Waals surface area contributed by atoms with E-state index < -0.39 is 10.0 Å². The molecule has 1 heterocycles. The Morgan fingerprint density at radius 1 is 1.53 bits per heavy atom. The van der Waals surface area contributed by atoms with Crippen LogP contribution in [0.3, 0.4) is 0 Å². The second-order valence-electron chi connectivity index (χ2n) is 3.78. The Morgan fingerprint density at radius 3 is 2.76 bits per heavy atom. The van der Waals surface area contributed by atoms with Crippen LogP contribution >= 0.6 is 11.6 Å². The van der Waals surface area contributed by atoms with Crippen LogP contribution in [0.1, 0.15) is 12.5 Å². The number of halogens is 1. The predicted molar refractivity (Wildman–Crippen MR) is 64.8 cm³/mol. The normalized spacial score (nSPS) is 19.9. The van der Waals surface area contributed by atoms with Gasteiger partial charge in [-0.2, -0.15) is 0 Å². The summed E-state index contributed by atoms with van der Waals surface area (Å²) in [5.41, 5.74) is 0.558. The number of benzene rings is 1. The molecule has 5 nitrogen and oxygen atoms in total. The molecule has 17 heavy (non-hydrogen) atoms. The van der Waals surface area contributed by atoms with Crippen LogP contribution in [0.5, 0.6) is 0 Å². The monoisotopic (exact) mass is 274 g/mol. The van der Waals surface area contributed by atoms with Crippen molar-refractivity contribution in [1.82, 2.24) is 0 Å². The van der Waals surface area contributed by atoms with E-state index in [0.717, 1.165) is 0 Å². The van der Waals surface area contributed by atoms with Crippen LogP contribution in [0.25, 0.3) is 0 Å². The molecule has 1 aromatic rings. The quantitative estimate of drug-likeness (QED) is 0.878. The molecule has 0 aliphatic carbocycles. The summed E-state index contributed by atoms with van der Waals surface area (Å²) < 4.78 is 27.9. The van der Waals surface area contributed by atoms with Crippen molar-refractivity contribution in [3.05, 3.63) is 28.8 Å². The molecule has 0 fully saturated rings. The fourth-order valence-corrected chi connectivity index (χ4v) is 2.56. The third-order valence-electron chi connectivity index (χ3n) is 2.28. The summed E-state index contributed by atoms with van der Waals surface area (Å²) in [6, 6.07) is 4.55. The maximum absolute atomic E-state index is 11.3. The number of ether oxygens (including phenoxy) is 1. The first-order valence-corrected chi connectivity index (χ1v) is 6.83. The summed E-state index contributed by atoms with van der Waals surface area (Å²) in [5.74, 6) is 0.416. The van der Waals surface area contributed by atoms with Crippen molar-refractivity contribution in [3.8, 4) is 0 Å². The molecule has 1 atom stereocenters. The van der Waals surface area contributed by atoms with Crippen molar-refractivity contribution >= 4 is 27.5 Å². The third kappa shape index (κ3) is 2.59. The molecule has 0 amide bonds. The highest BCUT2D eigenvalue weighted by atomic mass is 35.5. The smallest absolute Gasteiger partial charge is 0.239 e. The zero-order chi connectivity index (χ0) is 12.6. The van der Waals surface area contributed by atoms with Gasteiger partial charge in [0, 0.05) is 5.56 Å². The number of nitrogens with two attached hydrogens (primary N) is 1. The van der Waals surface area contributed by atoms with Gasteiger partial charge in [0.1, 0.15) is 11.5 Å². The van der Waals surface area contributed by atoms with Crippen LogP contribution in [0.4, 0.5) is 0 Å². The fraction of sp³-hybridized carbons (Fsp3) is 0.300. The minimum absolute atomic E-state index is 0.0682. The van der Waals surface area contributed by atoms with E-state index in [2.05, 4.69) is 4.99 Å². The lowest BCUT2D eigenvalue weighted by Crippen LogP contribution is -2.14. The van der Waals surface area contributed by atoms with Crippen LogP contribution in [0.15, 0.2) is 28.1 Å². The van der Waals surface area contributed by atoms with Gasteiger partial charge in [0.05, 0.1) is 11.1 Å². The van der Waals surface area contributed by atoms with E-state index in [1.165, 1.54) is 12.1 Å². The highest BCUT2D eigenvalue weighted by Crippen LogP contribution is 2.23. The molecule has 1 aliphatic heterocycles. The van der Waals surface area contributed by atoms with Gasteiger partial charge in [-0.05, 0) is 25.1 Å². The molecule has 0 spiro atoms. The summed E-state index contributed by atoms with van der Waals surface area (Å²) >= 11 is 5.78. The van der Waals surface area contributed by atoms with Crippen LogP contribution in [0, 0.1) is 0 Å². The van der Waals surface area contributed by atoms with Gasteiger partial charge in [-0.1, -0.05) is 11.6 Å². The number of nitrogens with zero attached hydrogens (tertiary/aromatic N) is 1. The summed E-state index contributed by atoms with van der Waals surface area (Å²) in [6.45, 7) is 2.40. The lowest BCUT2D eigenvalue weighted by molar-refractivity contribution is 0.324. The van der Waals surface area contributed by atoms with Crippen molar-refractivity contribution in [1.29, 1.82) is 0 Å². The SMILES string of the molecule is CC1COC(c2ccc(Cl)c(S(N)(=O)=O)c2)=N1. The Morgan fingerprint density at radius 2 is 2.24 bits per heavy atom. The van der Waals surface area contributed by atoms with Gasteiger partial charge in [0.2, 0.25) is 15.9 Å². The lowest BCUT2D eigenvalue weighted by Gasteiger charge is -2.05. The average Bonchev–Trinajstić information content (AvgIpc) is 2.64. The first-order chi connectivity index (χ1) is 7.88. The predicted octanol–water partition coefficient (Wildman–Crippen LogP) is 1.15. The van der Waals surface area contributed by atoms with E-state index in [0.29, 0.717) is 18.1 Å². The number of hydrogen-bond donors (Lipinski definition) is 1. The first kappa shape index (κ1) is 12.3. The van der Waals surface area contributed by atoms with E-state index in [-0.39, 0.29) is 16.0 Å². The largest absolute Gasteiger partial charge is 0.475 e. The highest BCUT2D eigenvalue weighted by molar-refractivity contribution is 7.89. The Balaban J connectivity index is 2.49. The van der Waals surface area contributed by atoms with Crippen LogP contribution in [0.2, 0.25) is 5.02 Å². The maximum Gasteiger partial charge on any atom is 0.239 e. The Hall–Kier alpha value is -1.11.